The summed E-state index contributed by atoms with van der Waals surface area (Å²) in [4.78, 5) is 9.67. The number of aryl methyl sites for hydroxylation is 1. The first-order valence-electron chi connectivity index (χ1n) is 9.56. The minimum absolute atomic E-state index is 0.333. The maximum Gasteiger partial charge on any atom is 0.188 e. The lowest BCUT2D eigenvalue weighted by Crippen LogP contribution is -2.33. The lowest BCUT2D eigenvalue weighted by atomic mass is 9.88. The van der Waals surface area contributed by atoms with Crippen LogP contribution in [0, 0.1) is 0 Å². The molecule has 1 heterocycles. The van der Waals surface area contributed by atoms with E-state index in [9.17, 15) is 0 Å². The highest BCUT2D eigenvalue weighted by atomic mass is 32.1. The molecule has 0 aliphatic rings. The van der Waals surface area contributed by atoms with Gasteiger partial charge in [-0.2, -0.15) is 0 Å². The van der Waals surface area contributed by atoms with Crippen LogP contribution in [0.5, 0.6) is 0 Å². The van der Waals surface area contributed by atoms with Gasteiger partial charge >= 0.3 is 0 Å². The number of nitrogens with two attached hydrogens (primary N) is 2. The SMILES string of the molecule is NC(=NCCCc1cnc(N)s1)NCCC(c1ccccc1)c1ccccc1. The second kappa shape index (κ2) is 10.5. The Morgan fingerprint density at radius 2 is 1.68 bits per heavy atom. The number of nitrogen functional groups attached to an aromatic ring is 1. The van der Waals surface area contributed by atoms with E-state index in [0.717, 1.165) is 25.8 Å². The smallest absolute Gasteiger partial charge is 0.188 e. The minimum atomic E-state index is 0.333. The number of nitrogens with zero attached hydrogens (tertiary/aromatic N) is 2. The van der Waals surface area contributed by atoms with E-state index >= 15 is 0 Å². The van der Waals surface area contributed by atoms with Gasteiger partial charge in [-0.3, -0.25) is 4.99 Å². The first-order chi connectivity index (χ1) is 13.7. The van der Waals surface area contributed by atoms with E-state index < -0.39 is 0 Å². The third-order valence-electron chi connectivity index (χ3n) is 4.58. The fraction of sp³-hybridized carbons (Fsp3) is 0.273. The zero-order valence-electron chi connectivity index (χ0n) is 15.9. The number of guanidine groups is 1. The molecule has 28 heavy (non-hydrogen) atoms. The number of aromatic nitrogens is 1. The largest absolute Gasteiger partial charge is 0.375 e. The van der Waals surface area contributed by atoms with Gasteiger partial charge in [-0.1, -0.05) is 60.7 Å². The van der Waals surface area contributed by atoms with Crippen molar-refractivity contribution in [3.63, 3.8) is 0 Å². The van der Waals surface area contributed by atoms with Crippen LogP contribution in [0.3, 0.4) is 0 Å². The summed E-state index contributed by atoms with van der Waals surface area (Å²) in [5.74, 6) is 0.836. The van der Waals surface area contributed by atoms with Gasteiger partial charge in [0.05, 0.1) is 0 Å². The Balaban J connectivity index is 1.48. The molecule has 1 aromatic heterocycles. The summed E-state index contributed by atoms with van der Waals surface area (Å²) in [5.41, 5.74) is 14.3. The molecule has 0 radical (unpaired) electrons. The van der Waals surface area contributed by atoms with Crippen LogP contribution in [0.4, 0.5) is 5.13 Å². The molecule has 0 atom stereocenters. The molecule has 6 heteroatoms. The number of rotatable bonds is 9. The van der Waals surface area contributed by atoms with E-state index in [4.69, 9.17) is 11.5 Å². The summed E-state index contributed by atoms with van der Waals surface area (Å²) >= 11 is 1.53. The van der Waals surface area contributed by atoms with Crippen LogP contribution < -0.4 is 16.8 Å². The van der Waals surface area contributed by atoms with Crippen molar-refractivity contribution in [2.75, 3.05) is 18.8 Å². The first kappa shape index (κ1) is 19.9. The van der Waals surface area contributed by atoms with Gasteiger partial charge in [0.1, 0.15) is 0 Å². The number of aliphatic imine (C=N–C) groups is 1. The normalized spacial score (nSPS) is 11.7. The van der Waals surface area contributed by atoms with Crippen LogP contribution in [-0.2, 0) is 6.42 Å². The maximum absolute atomic E-state index is 6.03. The van der Waals surface area contributed by atoms with E-state index in [1.165, 1.54) is 27.3 Å². The number of benzene rings is 2. The van der Waals surface area contributed by atoms with Gasteiger partial charge in [0.15, 0.2) is 11.1 Å². The molecular formula is C22H27N5S. The van der Waals surface area contributed by atoms with E-state index in [1.807, 2.05) is 6.20 Å². The van der Waals surface area contributed by atoms with Crippen molar-refractivity contribution in [3.05, 3.63) is 82.9 Å². The second-order valence-electron chi connectivity index (χ2n) is 6.62. The van der Waals surface area contributed by atoms with Crippen molar-refractivity contribution in [1.82, 2.24) is 10.3 Å². The fourth-order valence-electron chi connectivity index (χ4n) is 3.19. The maximum atomic E-state index is 6.03. The zero-order chi connectivity index (χ0) is 19.6. The molecule has 0 unspecified atom stereocenters. The molecule has 0 saturated carbocycles. The Hall–Kier alpha value is -2.86. The molecule has 0 amide bonds. The van der Waals surface area contributed by atoms with Crippen LogP contribution in [0.1, 0.15) is 34.8 Å². The summed E-state index contributed by atoms with van der Waals surface area (Å²) in [6.45, 7) is 1.46. The van der Waals surface area contributed by atoms with Crippen molar-refractivity contribution >= 4 is 22.4 Å². The third kappa shape index (κ3) is 6.09. The van der Waals surface area contributed by atoms with Crippen LogP contribution >= 0.6 is 11.3 Å². The van der Waals surface area contributed by atoms with E-state index in [2.05, 4.69) is 76.0 Å². The van der Waals surface area contributed by atoms with Crippen molar-refractivity contribution in [1.29, 1.82) is 0 Å². The van der Waals surface area contributed by atoms with Crippen molar-refractivity contribution in [2.45, 2.75) is 25.2 Å². The quantitative estimate of drug-likeness (QED) is 0.293. The predicted molar refractivity (Wildman–Crippen MR) is 119 cm³/mol. The molecule has 3 aromatic rings. The number of anilines is 1. The molecule has 5 N–H and O–H groups in total. The van der Waals surface area contributed by atoms with Gasteiger partial charge in [-0.25, -0.2) is 4.98 Å². The molecule has 0 fully saturated rings. The van der Waals surface area contributed by atoms with Gasteiger partial charge in [0, 0.05) is 30.1 Å². The van der Waals surface area contributed by atoms with Gasteiger partial charge in [0.2, 0.25) is 0 Å². The highest BCUT2D eigenvalue weighted by molar-refractivity contribution is 7.15. The average Bonchev–Trinajstić information content (AvgIpc) is 3.15. The Labute approximate surface area is 170 Å². The van der Waals surface area contributed by atoms with E-state index in [1.54, 1.807) is 0 Å². The monoisotopic (exact) mass is 393 g/mol. The summed E-state index contributed by atoms with van der Waals surface area (Å²) in [6, 6.07) is 21.2. The summed E-state index contributed by atoms with van der Waals surface area (Å²) < 4.78 is 0. The van der Waals surface area contributed by atoms with Crippen molar-refractivity contribution in [3.8, 4) is 0 Å². The highest BCUT2D eigenvalue weighted by Gasteiger charge is 2.13. The molecule has 146 valence electrons. The number of hydrogen-bond donors (Lipinski definition) is 3. The average molecular weight is 394 g/mol. The number of thiazole rings is 1. The molecular weight excluding hydrogens is 366 g/mol. The van der Waals surface area contributed by atoms with Gasteiger partial charge in [-0.15, -0.1) is 11.3 Å². The summed E-state index contributed by atoms with van der Waals surface area (Å²) in [6.07, 6.45) is 4.64. The predicted octanol–water partition coefficient (Wildman–Crippen LogP) is 3.78. The van der Waals surface area contributed by atoms with Crippen LogP contribution in [0.15, 0.2) is 71.9 Å². The van der Waals surface area contributed by atoms with E-state index in [0.29, 0.717) is 23.6 Å². The lowest BCUT2D eigenvalue weighted by molar-refractivity contribution is 0.687. The second-order valence-corrected chi connectivity index (χ2v) is 7.77. The van der Waals surface area contributed by atoms with Crippen LogP contribution in [0.25, 0.3) is 0 Å². The van der Waals surface area contributed by atoms with Crippen LogP contribution in [-0.4, -0.2) is 24.0 Å². The minimum Gasteiger partial charge on any atom is -0.375 e. The zero-order valence-corrected chi connectivity index (χ0v) is 16.7. The lowest BCUT2D eigenvalue weighted by Gasteiger charge is -2.18. The molecule has 0 saturated heterocycles. The number of nitrogens with one attached hydrogen (secondary N) is 1. The van der Waals surface area contributed by atoms with Crippen molar-refractivity contribution in [2.24, 2.45) is 10.7 Å². The Bertz CT molecular complexity index is 821. The third-order valence-corrected chi connectivity index (χ3v) is 5.46. The molecule has 3 rings (SSSR count). The molecule has 0 spiro atoms. The van der Waals surface area contributed by atoms with Gasteiger partial charge < -0.3 is 16.8 Å². The summed E-state index contributed by atoms with van der Waals surface area (Å²) in [5, 5.41) is 3.87. The standard InChI is InChI=1S/C22H27N5S/c23-21(25-14-7-12-19-16-27-22(24)28-19)26-15-13-20(17-8-3-1-4-9-17)18-10-5-2-6-11-18/h1-6,8-11,16,20H,7,12-15H2,(H2,24,27)(H3,23,25,26). The Kier molecular flexibility index (Phi) is 7.44. The first-order valence-corrected chi connectivity index (χ1v) is 10.4. The van der Waals surface area contributed by atoms with Crippen molar-refractivity contribution < 1.29 is 0 Å². The number of hydrogen-bond acceptors (Lipinski definition) is 4. The van der Waals surface area contributed by atoms with Gasteiger partial charge in [0.25, 0.3) is 0 Å². The van der Waals surface area contributed by atoms with Crippen LogP contribution in [0.2, 0.25) is 0 Å². The molecule has 0 aliphatic carbocycles. The van der Waals surface area contributed by atoms with Gasteiger partial charge in [-0.05, 0) is 30.4 Å². The topological polar surface area (TPSA) is 89.3 Å². The summed E-state index contributed by atoms with van der Waals surface area (Å²) in [7, 11) is 0. The Morgan fingerprint density at radius 3 is 2.25 bits per heavy atom. The molecule has 0 aliphatic heterocycles. The molecule has 0 bridgehead atoms. The Morgan fingerprint density at radius 1 is 1.04 bits per heavy atom. The molecule has 5 nitrogen and oxygen atoms in total. The highest BCUT2D eigenvalue weighted by Crippen LogP contribution is 2.27. The molecule has 2 aromatic carbocycles. The van der Waals surface area contributed by atoms with E-state index in [-0.39, 0.29) is 0 Å². The fourth-order valence-corrected chi connectivity index (χ4v) is 3.91.